The van der Waals surface area contributed by atoms with Gasteiger partial charge in [-0.25, -0.2) is 0 Å². The quantitative estimate of drug-likeness (QED) is 0.390. The Kier molecular flexibility index (Phi) is 6.32. The zero-order chi connectivity index (χ0) is 20.8. The van der Waals surface area contributed by atoms with Gasteiger partial charge in [0.1, 0.15) is 17.8 Å². The van der Waals surface area contributed by atoms with E-state index in [-0.39, 0.29) is 11.7 Å². The summed E-state index contributed by atoms with van der Waals surface area (Å²) in [6, 6.07) is 24.1. The van der Waals surface area contributed by atoms with Crippen LogP contribution in [-0.2, 0) is 4.79 Å². The Morgan fingerprint density at radius 2 is 1.73 bits per heavy atom. The van der Waals surface area contributed by atoms with Gasteiger partial charge in [-0.05, 0) is 48.5 Å². The maximum atomic E-state index is 12.3. The van der Waals surface area contributed by atoms with Gasteiger partial charge in [0.05, 0.1) is 10.8 Å². The summed E-state index contributed by atoms with van der Waals surface area (Å²) < 4.78 is 7.60. The summed E-state index contributed by atoms with van der Waals surface area (Å²) in [5.74, 6) is 1.28. The Labute approximate surface area is 182 Å². The number of para-hydroxylation sites is 2. The molecule has 3 aromatic carbocycles. The summed E-state index contributed by atoms with van der Waals surface area (Å²) in [6.07, 6.45) is 1.63. The van der Waals surface area contributed by atoms with Crippen LogP contribution in [-0.4, -0.2) is 26.4 Å². The summed E-state index contributed by atoms with van der Waals surface area (Å²) in [6.45, 7) is 0. The number of hydrogen-bond donors (Lipinski definition) is 1. The van der Waals surface area contributed by atoms with E-state index in [9.17, 15) is 4.79 Å². The maximum Gasteiger partial charge on any atom is 0.234 e. The molecule has 0 spiro atoms. The van der Waals surface area contributed by atoms with Crippen LogP contribution in [0.1, 0.15) is 0 Å². The molecule has 8 heteroatoms. The van der Waals surface area contributed by atoms with Gasteiger partial charge >= 0.3 is 0 Å². The van der Waals surface area contributed by atoms with Crippen molar-refractivity contribution in [1.29, 1.82) is 0 Å². The lowest BCUT2D eigenvalue weighted by molar-refractivity contribution is -0.113. The largest absolute Gasteiger partial charge is 0.456 e. The minimum Gasteiger partial charge on any atom is -0.456 e. The standard InChI is InChI=1S/C22H17ClN4O2S/c23-19-8-4-5-9-20(19)29-18-12-10-16(11-13-18)25-21(28)14-30-22-26-24-15-27(22)17-6-2-1-3-7-17/h1-13,15H,14H2,(H,25,28). The molecular weight excluding hydrogens is 420 g/mol. The van der Waals surface area contributed by atoms with Crippen LogP contribution in [0.15, 0.2) is 90.3 Å². The van der Waals surface area contributed by atoms with Gasteiger partial charge in [-0.2, -0.15) is 0 Å². The van der Waals surface area contributed by atoms with Crippen LogP contribution in [0, 0.1) is 0 Å². The van der Waals surface area contributed by atoms with Gasteiger partial charge in [0.15, 0.2) is 5.16 Å². The van der Waals surface area contributed by atoms with Crippen LogP contribution in [0.2, 0.25) is 5.02 Å². The summed E-state index contributed by atoms with van der Waals surface area (Å²) in [5.41, 5.74) is 1.62. The summed E-state index contributed by atoms with van der Waals surface area (Å²) in [4.78, 5) is 12.3. The first-order valence-electron chi connectivity index (χ1n) is 9.09. The van der Waals surface area contributed by atoms with Crippen molar-refractivity contribution >= 4 is 35.0 Å². The molecule has 0 fully saturated rings. The van der Waals surface area contributed by atoms with E-state index in [1.807, 2.05) is 47.0 Å². The van der Waals surface area contributed by atoms with E-state index in [2.05, 4.69) is 15.5 Å². The van der Waals surface area contributed by atoms with E-state index in [0.717, 1.165) is 5.69 Å². The number of hydrogen-bond acceptors (Lipinski definition) is 5. The van der Waals surface area contributed by atoms with Gasteiger partial charge in [-0.3, -0.25) is 9.36 Å². The number of benzene rings is 3. The molecule has 0 unspecified atom stereocenters. The number of rotatable bonds is 7. The first kappa shape index (κ1) is 20.0. The van der Waals surface area contributed by atoms with Crippen molar-refractivity contribution in [3.8, 4) is 17.2 Å². The Hall–Kier alpha value is -3.29. The lowest BCUT2D eigenvalue weighted by atomic mass is 10.3. The molecule has 0 atom stereocenters. The molecule has 0 aliphatic rings. The highest BCUT2D eigenvalue weighted by Gasteiger charge is 2.10. The minimum absolute atomic E-state index is 0.137. The highest BCUT2D eigenvalue weighted by molar-refractivity contribution is 7.99. The van der Waals surface area contributed by atoms with Crippen molar-refractivity contribution in [2.24, 2.45) is 0 Å². The summed E-state index contributed by atoms with van der Waals surface area (Å²) >= 11 is 7.43. The molecule has 0 bridgehead atoms. The molecular formula is C22H17ClN4O2S. The number of nitrogens with one attached hydrogen (secondary N) is 1. The molecule has 0 saturated heterocycles. The lowest BCUT2D eigenvalue weighted by Crippen LogP contribution is -2.14. The van der Waals surface area contributed by atoms with Crippen LogP contribution < -0.4 is 10.1 Å². The highest BCUT2D eigenvalue weighted by Crippen LogP contribution is 2.29. The Bertz CT molecular complexity index is 1130. The second kappa shape index (κ2) is 9.47. The molecule has 1 N–H and O–H groups in total. The van der Waals surface area contributed by atoms with Gasteiger partial charge in [-0.15, -0.1) is 10.2 Å². The average molecular weight is 437 g/mol. The summed E-state index contributed by atoms with van der Waals surface area (Å²) in [7, 11) is 0. The van der Waals surface area contributed by atoms with Gasteiger partial charge in [-0.1, -0.05) is 53.7 Å². The van der Waals surface area contributed by atoms with Crippen molar-refractivity contribution < 1.29 is 9.53 Å². The molecule has 4 aromatic rings. The summed E-state index contributed by atoms with van der Waals surface area (Å²) in [5, 5.41) is 12.1. The third-order valence-corrected chi connectivity index (χ3v) is 5.34. The molecule has 150 valence electrons. The fourth-order valence-electron chi connectivity index (χ4n) is 2.68. The van der Waals surface area contributed by atoms with E-state index in [1.54, 1.807) is 42.7 Å². The second-order valence-electron chi connectivity index (χ2n) is 6.21. The highest BCUT2D eigenvalue weighted by atomic mass is 35.5. The number of ether oxygens (including phenoxy) is 1. The monoisotopic (exact) mass is 436 g/mol. The molecule has 0 aliphatic carbocycles. The molecule has 0 aliphatic heterocycles. The van der Waals surface area contributed by atoms with Crippen molar-refractivity contribution in [3.63, 3.8) is 0 Å². The van der Waals surface area contributed by atoms with E-state index in [4.69, 9.17) is 16.3 Å². The number of halogens is 1. The number of amides is 1. The fraction of sp³-hybridized carbons (Fsp3) is 0.0455. The minimum atomic E-state index is -0.137. The van der Waals surface area contributed by atoms with Crippen molar-refractivity contribution in [1.82, 2.24) is 14.8 Å². The molecule has 1 heterocycles. The van der Waals surface area contributed by atoms with Crippen molar-refractivity contribution in [3.05, 3.63) is 90.2 Å². The fourth-order valence-corrected chi connectivity index (χ4v) is 3.58. The molecule has 1 amide bonds. The van der Waals surface area contributed by atoms with E-state index in [1.165, 1.54) is 11.8 Å². The third kappa shape index (κ3) is 5.00. The molecule has 1 aromatic heterocycles. The zero-order valence-corrected chi connectivity index (χ0v) is 17.3. The number of nitrogens with zero attached hydrogens (tertiary/aromatic N) is 3. The SMILES string of the molecule is O=C(CSc1nncn1-c1ccccc1)Nc1ccc(Oc2ccccc2Cl)cc1. The van der Waals surface area contributed by atoms with E-state index < -0.39 is 0 Å². The molecule has 30 heavy (non-hydrogen) atoms. The van der Waals surface area contributed by atoms with Crippen molar-refractivity contribution in [2.75, 3.05) is 11.1 Å². The first-order valence-corrected chi connectivity index (χ1v) is 10.5. The predicted octanol–water partition coefficient (Wildman–Crippen LogP) is 5.44. The van der Waals surface area contributed by atoms with E-state index in [0.29, 0.717) is 27.4 Å². The number of thioether (sulfide) groups is 1. The number of aromatic nitrogens is 3. The van der Waals surface area contributed by atoms with Crippen LogP contribution in [0.5, 0.6) is 11.5 Å². The normalized spacial score (nSPS) is 10.6. The topological polar surface area (TPSA) is 69.0 Å². The molecule has 4 rings (SSSR count). The number of carbonyl (C=O) groups excluding carboxylic acids is 1. The van der Waals surface area contributed by atoms with Gasteiger partial charge in [0.25, 0.3) is 0 Å². The molecule has 0 radical (unpaired) electrons. The van der Waals surface area contributed by atoms with Crippen LogP contribution >= 0.6 is 23.4 Å². The van der Waals surface area contributed by atoms with Crippen molar-refractivity contribution in [2.45, 2.75) is 5.16 Å². The number of anilines is 1. The zero-order valence-electron chi connectivity index (χ0n) is 15.7. The lowest BCUT2D eigenvalue weighted by Gasteiger charge is -2.09. The Morgan fingerprint density at radius 1 is 1.00 bits per heavy atom. The van der Waals surface area contributed by atoms with Gasteiger partial charge in [0, 0.05) is 11.4 Å². The Balaban J connectivity index is 1.33. The molecule has 0 saturated carbocycles. The van der Waals surface area contributed by atoms with Gasteiger partial charge in [0.2, 0.25) is 5.91 Å². The van der Waals surface area contributed by atoms with E-state index >= 15 is 0 Å². The van der Waals surface area contributed by atoms with Crippen LogP contribution in [0.4, 0.5) is 5.69 Å². The smallest absolute Gasteiger partial charge is 0.234 e. The second-order valence-corrected chi connectivity index (χ2v) is 7.56. The third-order valence-electron chi connectivity index (χ3n) is 4.09. The first-order chi connectivity index (χ1) is 14.7. The Morgan fingerprint density at radius 3 is 2.50 bits per heavy atom. The molecule has 6 nitrogen and oxygen atoms in total. The number of carbonyl (C=O) groups is 1. The average Bonchev–Trinajstić information content (AvgIpc) is 3.25. The maximum absolute atomic E-state index is 12.3. The van der Waals surface area contributed by atoms with Crippen LogP contribution in [0.3, 0.4) is 0 Å². The van der Waals surface area contributed by atoms with Crippen LogP contribution in [0.25, 0.3) is 5.69 Å². The van der Waals surface area contributed by atoms with Gasteiger partial charge < -0.3 is 10.1 Å². The predicted molar refractivity (Wildman–Crippen MR) is 119 cm³/mol.